The number of rotatable bonds is 5. The lowest BCUT2D eigenvalue weighted by Crippen LogP contribution is -2.68. The van der Waals surface area contributed by atoms with Gasteiger partial charge in [0.1, 0.15) is 17.4 Å². The number of likely N-dealkylation sites (tertiary alicyclic amines) is 1. The zero-order chi connectivity index (χ0) is 23.7. The van der Waals surface area contributed by atoms with Gasteiger partial charge in [0, 0.05) is 31.1 Å². The lowest BCUT2D eigenvalue weighted by Gasteiger charge is -2.43. The highest BCUT2D eigenvalue weighted by molar-refractivity contribution is 8.04. The molecular weight excluding hydrogens is 451 g/mol. The number of benzene rings is 2. The van der Waals surface area contributed by atoms with Crippen LogP contribution in [0.3, 0.4) is 0 Å². The van der Waals surface area contributed by atoms with E-state index < -0.39 is 0 Å². The fourth-order valence-corrected chi connectivity index (χ4v) is 6.09. The van der Waals surface area contributed by atoms with Crippen LogP contribution >= 0.6 is 11.8 Å². The van der Waals surface area contributed by atoms with Crippen molar-refractivity contribution in [2.75, 3.05) is 13.1 Å². The fraction of sp³-hybridized carbons (Fsp3) is 0.385. The van der Waals surface area contributed by atoms with E-state index in [0.717, 1.165) is 11.1 Å². The van der Waals surface area contributed by atoms with E-state index in [1.54, 1.807) is 30.0 Å². The van der Waals surface area contributed by atoms with Gasteiger partial charge in [0.15, 0.2) is 0 Å². The Labute approximate surface area is 203 Å². The smallest absolute Gasteiger partial charge is 0.237 e. The van der Waals surface area contributed by atoms with Crippen LogP contribution in [0.1, 0.15) is 29.5 Å². The minimum absolute atomic E-state index is 0.0412. The predicted octanol–water partition coefficient (Wildman–Crippen LogP) is 2.99. The van der Waals surface area contributed by atoms with E-state index in [0.29, 0.717) is 31.5 Å². The number of amides is 2. The summed E-state index contributed by atoms with van der Waals surface area (Å²) in [6.45, 7) is 3.67. The fourth-order valence-electron chi connectivity index (χ4n) is 4.94. The highest BCUT2D eigenvalue weighted by Gasteiger charge is 2.44. The van der Waals surface area contributed by atoms with Gasteiger partial charge in [-0.1, -0.05) is 48.0 Å². The molecule has 0 spiro atoms. The molecule has 8 heteroatoms. The Balaban J connectivity index is 1.17. The summed E-state index contributed by atoms with van der Waals surface area (Å²) in [5, 5.41) is 11.6. The predicted molar refractivity (Wildman–Crippen MR) is 132 cm³/mol. The summed E-state index contributed by atoms with van der Waals surface area (Å²) in [6, 6.07) is 14.8. The number of carbonyl (C=O) groups is 2. The molecule has 0 radical (unpaired) electrons. The van der Waals surface area contributed by atoms with Gasteiger partial charge in [-0.15, -0.1) is 11.8 Å². The maximum atomic E-state index is 13.8. The van der Waals surface area contributed by atoms with Crippen molar-refractivity contribution in [3.63, 3.8) is 0 Å². The third kappa shape index (κ3) is 4.76. The Kier molecular flexibility index (Phi) is 6.72. The highest BCUT2D eigenvalue weighted by Crippen LogP contribution is 2.39. The van der Waals surface area contributed by atoms with E-state index in [-0.39, 0.29) is 47.7 Å². The number of aryl methyl sites for hydroxylation is 1. The van der Waals surface area contributed by atoms with Crippen molar-refractivity contribution in [2.24, 2.45) is 5.92 Å². The molecular formula is C26H29FN4O2S. The molecule has 6 nitrogen and oxygen atoms in total. The monoisotopic (exact) mass is 480 g/mol. The second kappa shape index (κ2) is 9.90. The van der Waals surface area contributed by atoms with E-state index in [1.807, 2.05) is 6.07 Å². The SMILES string of the molecule is Cc1cccc(C2=CSC3C(=O)NC(N4CCC(C(=O)NCc5ccccc5F)CC4)NC23)c1. The zero-order valence-electron chi connectivity index (χ0n) is 19.1. The average molecular weight is 481 g/mol. The molecule has 3 atom stereocenters. The van der Waals surface area contributed by atoms with Crippen molar-refractivity contribution in [3.05, 3.63) is 76.4 Å². The van der Waals surface area contributed by atoms with Crippen LogP contribution in [0.25, 0.3) is 5.57 Å². The van der Waals surface area contributed by atoms with Crippen molar-refractivity contribution in [3.8, 4) is 0 Å². The molecule has 3 aliphatic heterocycles. The summed E-state index contributed by atoms with van der Waals surface area (Å²) < 4.78 is 13.8. The normalized spacial score (nSPS) is 25.4. The minimum atomic E-state index is -0.306. The molecule has 0 aromatic heterocycles. The summed E-state index contributed by atoms with van der Waals surface area (Å²) in [4.78, 5) is 27.7. The highest BCUT2D eigenvalue weighted by atomic mass is 32.2. The number of thioether (sulfide) groups is 1. The molecule has 0 saturated carbocycles. The molecule has 0 bridgehead atoms. The van der Waals surface area contributed by atoms with Crippen molar-refractivity contribution < 1.29 is 14.0 Å². The second-order valence-electron chi connectivity index (χ2n) is 9.17. The van der Waals surface area contributed by atoms with Gasteiger partial charge in [-0.25, -0.2) is 4.39 Å². The number of nitrogens with one attached hydrogen (secondary N) is 3. The van der Waals surface area contributed by atoms with Gasteiger partial charge in [-0.2, -0.15) is 0 Å². The number of fused-ring (bicyclic) bond motifs is 1. The first-order valence-electron chi connectivity index (χ1n) is 11.7. The van der Waals surface area contributed by atoms with E-state index in [4.69, 9.17) is 0 Å². The van der Waals surface area contributed by atoms with Gasteiger partial charge in [0.05, 0.1) is 6.04 Å². The third-order valence-electron chi connectivity index (χ3n) is 6.88. The third-order valence-corrected chi connectivity index (χ3v) is 8.05. The molecule has 2 saturated heterocycles. The number of nitrogens with zero attached hydrogens (tertiary/aromatic N) is 1. The van der Waals surface area contributed by atoms with Gasteiger partial charge in [0.2, 0.25) is 11.8 Å². The van der Waals surface area contributed by atoms with E-state index >= 15 is 0 Å². The average Bonchev–Trinajstić information content (AvgIpc) is 3.28. The van der Waals surface area contributed by atoms with Crippen LogP contribution in [0.15, 0.2) is 53.9 Å². The minimum Gasteiger partial charge on any atom is -0.352 e. The molecule has 2 aromatic carbocycles. The first kappa shape index (κ1) is 23.1. The van der Waals surface area contributed by atoms with Gasteiger partial charge in [0.25, 0.3) is 0 Å². The first-order chi connectivity index (χ1) is 16.5. The van der Waals surface area contributed by atoms with Gasteiger partial charge < -0.3 is 10.6 Å². The molecule has 0 aliphatic carbocycles. The zero-order valence-corrected chi connectivity index (χ0v) is 19.9. The first-order valence-corrected chi connectivity index (χ1v) is 12.7. The summed E-state index contributed by atoms with van der Waals surface area (Å²) >= 11 is 1.57. The Morgan fingerprint density at radius 1 is 1.18 bits per heavy atom. The molecule has 3 unspecified atom stereocenters. The number of carbonyl (C=O) groups excluding carboxylic acids is 2. The van der Waals surface area contributed by atoms with Crippen molar-refractivity contribution in [1.29, 1.82) is 0 Å². The maximum Gasteiger partial charge on any atom is 0.237 e. The Morgan fingerprint density at radius 3 is 2.74 bits per heavy atom. The molecule has 2 fully saturated rings. The van der Waals surface area contributed by atoms with Crippen LogP contribution in [0.5, 0.6) is 0 Å². The van der Waals surface area contributed by atoms with Crippen LogP contribution in [0.4, 0.5) is 4.39 Å². The maximum absolute atomic E-state index is 13.8. The summed E-state index contributed by atoms with van der Waals surface area (Å²) in [7, 11) is 0. The van der Waals surface area contributed by atoms with Crippen LogP contribution in [0.2, 0.25) is 0 Å². The summed E-state index contributed by atoms with van der Waals surface area (Å²) in [5.41, 5.74) is 3.98. The molecule has 5 rings (SSSR count). The van der Waals surface area contributed by atoms with Gasteiger partial charge in [-0.3, -0.25) is 19.8 Å². The Bertz CT molecular complexity index is 1120. The Morgan fingerprint density at radius 2 is 1.97 bits per heavy atom. The topological polar surface area (TPSA) is 73.5 Å². The van der Waals surface area contributed by atoms with Crippen LogP contribution < -0.4 is 16.0 Å². The van der Waals surface area contributed by atoms with Crippen LogP contribution in [0, 0.1) is 18.7 Å². The molecule has 2 aromatic rings. The second-order valence-corrected chi connectivity index (χ2v) is 10.2. The summed E-state index contributed by atoms with van der Waals surface area (Å²) in [5.74, 6) is -0.415. The molecule has 3 heterocycles. The lowest BCUT2D eigenvalue weighted by atomic mass is 9.94. The van der Waals surface area contributed by atoms with Crippen molar-refractivity contribution in [2.45, 2.75) is 43.9 Å². The summed E-state index contributed by atoms with van der Waals surface area (Å²) in [6.07, 6.45) is 1.13. The van der Waals surface area contributed by atoms with Crippen molar-refractivity contribution >= 4 is 29.1 Å². The standard InChI is InChI=1S/C26H29FN4O2S/c1-16-5-4-7-18(13-16)20-15-34-23-22(20)29-26(30-25(23)33)31-11-9-17(10-12-31)24(32)28-14-19-6-2-3-8-21(19)27/h2-8,13,15,17,22-23,26,29H,9-12,14H2,1H3,(H,28,32)(H,30,33). The number of piperidine rings is 1. The van der Waals surface area contributed by atoms with E-state index in [1.165, 1.54) is 11.6 Å². The Hall–Kier alpha value is -2.68. The quantitative estimate of drug-likeness (QED) is 0.614. The molecule has 34 heavy (non-hydrogen) atoms. The van der Waals surface area contributed by atoms with Gasteiger partial charge in [-0.05, 0) is 42.4 Å². The molecule has 2 amide bonds. The molecule has 178 valence electrons. The number of hydrogen-bond donors (Lipinski definition) is 3. The largest absolute Gasteiger partial charge is 0.352 e. The number of halogens is 1. The van der Waals surface area contributed by atoms with Crippen LogP contribution in [-0.4, -0.2) is 47.4 Å². The lowest BCUT2D eigenvalue weighted by molar-refractivity contribution is -0.129. The van der Waals surface area contributed by atoms with Gasteiger partial charge >= 0.3 is 0 Å². The number of hydrogen-bond acceptors (Lipinski definition) is 5. The van der Waals surface area contributed by atoms with E-state index in [9.17, 15) is 14.0 Å². The molecule has 3 N–H and O–H groups in total. The molecule has 3 aliphatic rings. The van der Waals surface area contributed by atoms with E-state index in [2.05, 4.69) is 51.4 Å². The van der Waals surface area contributed by atoms with Crippen molar-refractivity contribution in [1.82, 2.24) is 20.9 Å². The van der Waals surface area contributed by atoms with Crippen LogP contribution in [-0.2, 0) is 16.1 Å².